The van der Waals surface area contributed by atoms with E-state index in [0.717, 1.165) is 19.5 Å². The van der Waals surface area contributed by atoms with Crippen LogP contribution in [0.15, 0.2) is 24.3 Å². The Labute approximate surface area is 96.0 Å². The highest BCUT2D eigenvalue weighted by Crippen LogP contribution is 2.21. The largest absolute Gasteiger partial charge is 0.468 e. The van der Waals surface area contributed by atoms with Crippen molar-refractivity contribution in [2.75, 3.05) is 13.7 Å². The maximum atomic E-state index is 11.4. The van der Waals surface area contributed by atoms with Gasteiger partial charge < -0.3 is 4.74 Å². The zero-order valence-electron chi connectivity index (χ0n) is 9.77. The number of hydrogen-bond donors (Lipinski definition) is 0. The van der Waals surface area contributed by atoms with Gasteiger partial charge >= 0.3 is 5.97 Å². The van der Waals surface area contributed by atoms with Crippen LogP contribution in [-0.4, -0.2) is 30.6 Å². The molecule has 0 aromatic heterocycles. The lowest BCUT2D eigenvalue weighted by atomic mass is 10.0. The second-order valence-corrected chi connectivity index (χ2v) is 4.28. The van der Waals surface area contributed by atoms with Crippen LogP contribution in [0.4, 0.5) is 0 Å². The van der Waals surface area contributed by atoms with E-state index < -0.39 is 0 Å². The van der Waals surface area contributed by atoms with Gasteiger partial charge in [0.05, 0.1) is 7.11 Å². The third-order valence-corrected chi connectivity index (χ3v) is 3.11. The Morgan fingerprint density at radius 1 is 1.44 bits per heavy atom. The molecule has 16 heavy (non-hydrogen) atoms. The average Bonchev–Trinajstić information content (AvgIpc) is 2.26. The van der Waals surface area contributed by atoms with E-state index in [-0.39, 0.29) is 12.0 Å². The lowest BCUT2D eigenvalue weighted by Gasteiger charge is -2.38. The van der Waals surface area contributed by atoms with Crippen LogP contribution in [0.25, 0.3) is 0 Å². The summed E-state index contributed by atoms with van der Waals surface area (Å²) in [6, 6.07) is 8.39. The number of esters is 1. The summed E-state index contributed by atoms with van der Waals surface area (Å²) >= 11 is 0. The molecule has 1 aromatic rings. The Bertz CT molecular complexity index is 372. The van der Waals surface area contributed by atoms with Crippen LogP contribution in [0.2, 0.25) is 0 Å². The van der Waals surface area contributed by atoms with E-state index in [1.165, 1.54) is 18.2 Å². The van der Waals surface area contributed by atoms with Crippen molar-refractivity contribution in [3.63, 3.8) is 0 Å². The van der Waals surface area contributed by atoms with Crippen molar-refractivity contribution in [1.82, 2.24) is 4.90 Å². The Morgan fingerprint density at radius 2 is 2.12 bits per heavy atom. The van der Waals surface area contributed by atoms with Crippen LogP contribution >= 0.6 is 0 Å². The molecular formula is C13H17NO2. The Morgan fingerprint density at radius 3 is 2.62 bits per heavy atom. The van der Waals surface area contributed by atoms with Crippen molar-refractivity contribution in [3.8, 4) is 0 Å². The second-order valence-electron chi connectivity index (χ2n) is 4.28. The van der Waals surface area contributed by atoms with Gasteiger partial charge in [-0.05, 0) is 18.9 Å². The number of aryl methyl sites for hydroxylation is 1. The number of methoxy groups -OCH3 is 1. The molecule has 1 heterocycles. The molecule has 86 valence electrons. The molecule has 0 saturated carbocycles. The number of carbonyl (C=O) groups excluding carboxylic acids is 1. The van der Waals surface area contributed by atoms with Crippen LogP contribution in [0.1, 0.15) is 17.5 Å². The minimum Gasteiger partial charge on any atom is -0.468 e. The topological polar surface area (TPSA) is 29.5 Å². The van der Waals surface area contributed by atoms with Gasteiger partial charge in [-0.25, -0.2) is 0 Å². The summed E-state index contributed by atoms with van der Waals surface area (Å²) in [6.07, 6.45) is 0.915. The van der Waals surface area contributed by atoms with Gasteiger partial charge in [-0.2, -0.15) is 0 Å². The van der Waals surface area contributed by atoms with Gasteiger partial charge in [0.25, 0.3) is 0 Å². The molecule has 0 spiro atoms. The molecule has 1 atom stereocenters. The summed E-state index contributed by atoms with van der Waals surface area (Å²) in [6.45, 7) is 3.89. The molecule has 0 radical (unpaired) electrons. The Hall–Kier alpha value is -1.35. The van der Waals surface area contributed by atoms with Gasteiger partial charge in [-0.1, -0.05) is 29.8 Å². The minimum atomic E-state index is -0.113. The van der Waals surface area contributed by atoms with E-state index in [4.69, 9.17) is 4.74 Å². The first kappa shape index (κ1) is 11.1. The van der Waals surface area contributed by atoms with E-state index >= 15 is 0 Å². The van der Waals surface area contributed by atoms with E-state index in [2.05, 4.69) is 36.1 Å². The molecule has 1 aliphatic rings. The summed E-state index contributed by atoms with van der Waals surface area (Å²) < 4.78 is 4.76. The molecule has 0 N–H and O–H groups in total. The predicted octanol–water partition coefficient (Wildman–Crippen LogP) is 1.74. The Kier molecular flexibility index (Phi) is 3.25. The van der Waals surface area contributed by atoms with Crippen LogP contribution < -0.4 is 0 Å². The number of benzene rings is 1. The number of likely N-dealkylation sites (tertiary alicyclic amines) is 1. The SMILES string of the molecule is COC(=O)[C@H]1CCN1Cc1ccc(C)cc1. The van der Waals surface area contributed by atoms with Crippen LogP contribution in [-0.2, 0) is 16.1 Å². The minimum absolute atomic E-state index is 0.0358. The molecule has 2 rings (SSSR count). The maximum Gasteiger partial charge on any atom is 0.323 e. The zero-order chi connectivity index (χ0) is 11.5. The van der Waals surface area contributed by atoms with Crippen molar-refractivity contribution < 1.29 is 9.53 Å². The quantitative estimate of drug-likeness (QED) is 0.725. The molecule has 3 heteroatoms. The maximum absolute atomic E-state index is 11.4. The summed E-state index contributed by atoms with van der Waals surface area (Å²) in [4.78, 5) is 13.5. The number of nitrogens with zero attached hydrogens (tertiary/aromatic N) is 1. The van der Waals surface area contributed by atoms with Gasteiger partial charge in [0.1, 0.15) is 6.04 Å². The smallest absolute Gasteiger partial charge is 0.323 e. The van der Waals surface area contributed by atoms with Crippen LogP contribution in [0.3, 0.4) is 0 Å². The number of carbonyl (C=O) groups is 1. The van der Waals surface area contributed by atoms with Gasteiger partial charge in [-0.15, -0.1) is 0 Å². The fourth-order valence-electron chi connectivity index (χ4n) is 1.96. The first-order chi connectivity index (χ1) is 7.70. The number of rotatable bonds is 3. The van der Waals surface area contributed by atoms with E-state index in [1.807, 2.05) is 0 Å². The first-order valence-corrected chi connectivity index (χ1v) is 5.58. The van der Waals surface area contributed by atoms with Crippen molar-refractivity contribution in [3.05, 3.63) is 35.4 Å². The second kappa shape index (κ2) is 4.66. The van der Waals surface area contributed by atoms with Crippen molar-refractivity contribution >= 4 is 5.97 Å². The molecule has 1 fully saturated rings. The van der Waals surface area contributed by atoms with E-state index in [9.17, 15) is 4.79 Å². The summed E-state index contributed by atoms with van der Waals surface area (Å²) in [5, 5.41) is 0. The number of hydrogen-bond acceptors (Lipinski definition) is 3. The van der Waals surface area contributed by atoms with Crippen LogP contribution in [0.5, 0.6) is 0 Å². The van der Waals surface area contributed by atoms with Crippen LogP contribution in [0, 0.1) is 6.92 Å². The summed E-state index contributed by atoms with van der Waals surface area (Å²) in [5.41, 5.74) is 2.51. The highest BCUT2D eigenvalue weighted by molar-refractivity contribution is 5.76. The third-order valence-electron chi connectivity index (χ3n) is 3.11. The predicted molar refractivity (Wildman–Crippen MR) is 62.0 cm³/mol. The number of ether oxygens (including phenoxy) is 1. The molecule has 1 saturated heterocycles. The molecular weight excluding hydrogens is 202 g/mol. The van der Waals surface area contributed by atoms with Gasteiger partial charge in [0.2, 0.25) is 0 Å². The highest BCUT2D eigenvalue weighted by Gasteiger charge is 2.34. The standard InChI is InChI=1S/C13H17NO2/c1-10-3-5-11(6-4-10)9-14-8-7-12(14)13(15)16-2/h3-6,12H,7-9H2,1-2H3/t12-/m1/s1. The fraction of sp³-hybridized carbons (Fsp3) is 0.462. The van der Waals surface area contributed by atoms with Crippen molar-refractivity contribution in [1.29, 1.82) is 0 Å². The van der Waals surface area contributed by atoms with Gasteiger partial charge in [0.15, 0.2) is 0 Å². The lowest BCUT2D eigenvalue weighted by molar-refractivity contribution is -0.152. The molecule has 1 aromatic carbocycles. The van der Waals surface area contributed by atoms with Crippen molar-refractivity contribution in [2.45, 2.75) is 25.9 Å². The average molecular weight is 219 g/mol. The molecule has 0 amide bonds. The first-order valence-electron chi connectivity index (χ1n) is 5.58. The zero-order valence-corrected chi connectivity index (χ0v) is 9.77. The van der Waals surface area contributed by atoms with Crippen molar-refractivity contribution in [2.24, 2.45) is 0 Å². The van der Waals surface area contributed by atoms with E-state index in [0.29, 0.717) is 0 Å². The monoisotopic (exact) mass is 219 g/mol. The highest BCUT2D eigenvalue weighted by atomic mass is 16.5. The molecule has 0 unspecified atom stereocenters. The summed E-state index contributed by atoms with van der Waals surface area (Å²) in [7, 11) is 1.45. The molecule has 0 bridgehead atoms. The van der Waals surface area contributed by atoms with Gasteiger partial charge in [-0.3, -0.25) is 9.69 Å². The molecule has 3 nitrogen and oxygen atoms in total. The third kappa shape index (κ3) is 2.25. The van der Waals surface area contributed by atoms with E-state index in [1.54, 1.807) is 0 Å². The summed E-state index contributed by atoms with van der Waals surface area (Å²) in [5.74, 6) is -0.113. The molecule has 0 aliphatic carbocycles. The molecule has 1 aliphatic heterocycles. The Balaban J connectivity index is 1.95. The van der Waals surface area contributed by atoms with Gasteiger partial charge in [0, 0.05) is 13.1 Å². The lowest BCUT2D eigenvalue weighted by Crippen LogP contribution is -2.52. The normalized spacial score (nSPS) is 20.2. The fourth-order valence-corrected chi connectivity index (χ4v) is 1.96.